The standard InChI is InChI=1S/C13H12BrClS/c1-9-7-10(14)4-5-12(9)13(15)8-11-3-2-6-16-11/h2-7,13H,8H2,1H3. The first kappa shape index (κ1) is 12.2. The monoisotopic (exact) mass is 314 g/mol. The molecule has 1 aromatic heterocycles. The molecule has 2 rings (SSSR count). The number of benzene rings is 1. The van der Waals surface area contributed by atoms with Crippen LogP contribution in [0.5, 0.6) is 0 Å². The minimum Gasteiger partial charge on any atom is -0.149 e. The SMILES string of the molecule is Cc1cc(Br)ccc1C(Cl)Cc1cccs1. The molecule has 3 heteroatoms. The van der Waals surface area contributed by atoms with Gasteiger partial charge in [0.05, 0.1) is 5.38 Å². The third-order valence-corrected chi connectivity index (χ3v) is 4.31. The van der Waals surface area contributed by atoms with Gasteiger partial charge in [-0.2, -0.15) is 0 Å². The number of halogens is 2. The lowest BCUT2D eigenvalue weighted by molar-refractivity contribution is 0.926. The molecular weight excluding hydrogens is 304 g/mol. The van der Waals surface area contributed by atoms with Crippen molar-refractivity contribution in [1.82, 2.24) is 0 Å². The van der Waals surface area contributed by atoms with E-state index in [0.29, 0.717) is 0 Å². The molecule has 0 aliphatic rings. The van der Waals surface area contributed by atoms with Gasteiger partial charge < -0.3 is 0 Å². The van der Waals surface area contributed by atoms with Crippen LogP contribution in [-0.2, 0) is 6.42 Å². The first-order valence-corrected chi connectivity index (χ1v) is 7.20. The molecule has 16 heavy (non-hydrogen) atoms. The third kappa shape index (κ3) is 2.88. The molecule has 2 aromatic rings. The van der Waals surface area contributed by atoms with Gasteiger partial charge in [0.15, 0.2) is 0 Å². The number of hydrogen-bond donors (Lipinski definition) is 0. The number of hydrogen-bond acceptors (Lipinski definition) is 1. The second kappa shape index (κ2) is 5.35. The summed E-state index contributed by atoms with van der Waals surface area (Å²) < 4.78 is 1.11. The first-order valence-electron chi connectivity index (χ1n) is 5.09. The van der Waals surface area contributed by atoms with Gasteiger partial charge in [0.25, 0.3) is 0 Å². The zero-order valence-corrected chi connectivity index (χ0v) is 12.1. The van der Waals surface area contributed by atoms with E-state index in [4.69, 9.17) is 11.6 Å². The molecule has 1 atom stereocenters. The van der Waals surface area contributed by atoms with Crippen LogP contribution in [0.1, 0.15) is 21.4 Å². The Hall–Kier alpha value is -0.310. The van der Waals surface area contributed by atoms with E-state index in [-0.39, 0.29) is 5.38 Å². The summed E-state index contributed by atoms with van der Waals surface area (Å²) in [5.41, 5.74) is 2.46. The van der Waals surface area contributed by atoms with Crippen LogP contribution in [0, 0.1) is 6.92 Å². The fourth-order valence-electron chi connectivity index (χ4n) is 1.71. The average molecular weight is 316 g/mol. The lowest BCUT2D eigenvalue weighted by atomic mass is 10.0. The predicted octanol–water partition coefficient (Wildman–Crippen LogP) is 5.34. The van der Waals surface area contributed by atoms with Crippen molar-refractivity contribution in [3.63, 3.8) is 0 Å². The largest absolute Gasteiger partial charge is 0.149 e. The Morgan fingerprint density at radius 1 is 1.38 bits per heavy atom. The molecule has 0 saturated heterocycles. The zero-order chi connectivity index (χ0) is 11.5. The van der Waals surface area contributed by atoms with Gasteiger partial charge in [-0.25, -0.2) is 0 Å². The van der Waals surface area contributed by atoms with Gasteiger partial charge in [-0.05, 0) is 41.6 Å². The molecule has 0 spiro atoms. The Morgan fingerprint density at radius 2 is 2.19 bits per heavy atom. The molecule has 0 aliphatic heterocycles. The normalized spacial score (nSPS) is 12.7. The van der Waals surface area contributed by atoms with Crippen LogP contribution in [-0.4, -0.2) is 0 Å². The highest BCUT2D eigenvalue weighted by molar-refractivity contribution is 9.10. The molecule has 1 heterocycles. The highest BCUT2D eigenvalue weighted by Gasteiger charge is 2.12. The van der Waals surface area contributed by atoms with E-state index in [9.17, 15) is 0 Å². The van der Waals surface area contributed by atoms with Gasteiger partial charge in [-0.1, -0.05) is 28.1 Å². The minimum absolute atomic E-state index is 0.0618. The maximum absolute atomic E-state index is 6.45. The summed E-state index contributed by atoms with van der Waals surface area (Å²) in [5, 5.41) is 2.15. The van der Waals surface area contributed by atoms with Crippen molar-refractivity contribution in [3.8, 4) is 0 Å². The summed E-state index contributed by atoms with van der Waals surface area (Å²) in [4.78, 5) is 1.34. The van der Waals surface area contributed by atoms with Gasteiger partial charge in [0.1, 0.15) is 0 Å². The van der Waals surface area contributed by atoms with Gasteiger partial charge in [-0.15, -0.1) is 22.9 Å². The van der Waals surface area contributed by atoms with Crippen LogP contribution in [0.15, 0.2) is 40.2 Å². The Bertz CT molecular complexity index is 465. The summed E-state index contributed by atoms with van der Waals surface area (Å²) in [6, 6.07) is 10.5. The van der Waals surface area contributed by atoms with Crippen molar-refractivity contribution >= 4 is 38.9 Å². The van der Waals surface area contributed by atoms with Crippen molar-refractivity contribution < 1.29 is 0 Å². The van der Waals surface area contributed by atoms with E-state index >= 15 is 0 Å². The summed E-state index contributed by atoms with van der Waals surface area (Å²) >= 11 is 11.7. The molecule has 0 amide bonds. The van der Waals surface area contributed by atoms with E-state index in [1.54, 1.807) is 11.3 Å². The zero-order valence-electron chi connectivity index (χ0n) is 8.91. The fraction of sp³-hybridized carbons (Fsp3) is 0.231. The number of rotatable bonds is 3. The quantitative estimate of drug-likeness (QED) is 0.670. The molecule has 0 bridgehead atoms. The van der Waals surface area contributed by atoms with Gasteiger partial charge in [0.2, 0.25) is 0 Å². The van der Waals surface area contributed by atoms with Crippen LogP contribution in [0.2, 0.25) is 0 Å². The van der Waals surface area contributed by atoms with Crippen molar-refractivity contribution in [2.45, 2.75) is 18.7 Å². The number of aryl methyl sites for hydroxylation is 1. The summed E-state index contributed by atoms with van der Waals surface area (Å²) in [6.45, 7) is 2.10. The Morgan fingerprint density at radius 3 is 2.81 bits per heavy atom. The van der Waals surface area contributed by atoms with Crippen LogP contribution in [0.25, 0.3) is 0 Å². The minimum atomic E-state index is 0.0618. The Labute approximate surface area is 113 Å². The molecule has 0 N–H and O–H groups in total. The maximum Gasteiger partial charge on any atom is 0.0636 e. The molecule has 0 saturated carbocycles. The van der Waals surface area contributed by atoms with Crippen LogP contribution < -0.4 is 0 Å². The molecule has 0 radical (unpaired) electrons. The highest BCUT2D eigenvalue weighted by Crippen LogP contribution is 2.30. The van der Waals surface area contributed by atoms with Gasteiger partial charge in [0, 0.05) is 15.8 Å². The fourth-order valence-corrected chi connectivity index (χ4v) is 3.44. The van der Waals surface area contributed by atoms with E-state index in [2.05, 4.69) is 52.5 Å². The molecule has 0 aliphatic carbocycles. The summed E-state index contributed by atoms with van der Waals surface area (Å²) in [5.74, 6) is 0. The van der Waals surface area contributed by atoms with Gasteiger partial charge in [-0.3, -0.25) is 0 Å². The molecule has 0 nitrogen and oxygen atoms in total. The van der Waals surface area contributed by atoms with Crippen molar-refractivity contribution in [2.75, 3.05) is 0 Å². The smallest absolute Gasteiger partial charge is 0.0636 e. The summed E-state index contributed by atoms with van der Waals surface area (Å²) in [6.07, 6.45) is 0.904. The van der Waals surface area contributed by atoms with E-state index in [0.717, 1.165) is 10.9 Å². The summed E-state index contributed by atoms with van der Waals surface area (Å²) in [7, 11) is 0. The predicted molar refractivity (Wildman–Crippen MR) is 75.5 cm³/mol. The average Bonchev–Trinajstić information content (AvgIpc) is 2.70. The lowest BCUT2D eigenvalue weighted by Gasteiger charge is -2.12. The van der Waals surface area contributed by atoms with Crippen molar-refractivity contribution in [1.29, 1.82) is 0 Å². The molecular formula is C13H12BrClS. The second-order valence-electron chi connectivity index (χ2n) is 3.75. The first-order chi connectivity index (χ1) is 7.66. The van der Waals surface area contributed by atoms with Gasteiger partial charge >= 0.3 is 0 Å². The second-order valence-corrected chi connectivity index (χ2v) is 6.23. The van der Waals surface area contributed by atoms with E-state index in [1.807, 2.05) is 6.07 Å². The number of alkyl halides is 1. The van der Waals surface area contributed by atoms with E-state index < -0.39 is 0 Å². The van der Waals surface area contributed by atoms with Crippen molar-refractivity contribution in [2.24, 2.45) is 0 Å². The maximum atomic E-state index is 6.45. The third-order valence-electron chi connectivity index (χ3n) is 2.53. The lowest BCUT2D eigenvalue weighted by Crippen LogP contribution is -1.97. The number of thiophene rings is 1. The van der Waals surface area contributed by atoms with Crippen molar-refractivity contribution in [3.05, 3.63) is 56.2 Å². The molecule has 0 fully saturated rings. The van der Waals surface area contributed by atoms with E-state index in [1.165, 1.54) is 16.0 Å². The Kier molecular flexibility index (Phi) is 4.06. The molecule has 1 aromatic carbocycles. The molecule has 84 valence electrons. The Balaban J connectivity index is 2.17. The van der Waals surface area contributed by atoms with Crippen LogP contribution in [0.4, 0.5) is 0 Å². The van der Waals surface area contributed by atoms with Crippen LogP contribution >= 0.6 is 38.9 Å². The topological polar surface area (TPSA) is 0 Å². The highest BCUT2D eigenvalue weighted by atomic mass is 79.9. The molecule has 1 unspecified atom stereocenters. The van der Waals surface area contributed by atoms with Crippen LogP contribution in [0.3, 0.4) is 0 Å².